The van der Waals surface area contributed by atoms with Crippen LogP contribution in [0.3, 0.4) is 0 Å². The summed E-state index contributed by atoms with van der Waals surface area (Å²) < 4.78 is 5.05. The van der Waals surface area contributed by atoms with Gasteiger partial charge in [-0.05, 0) is 24.8 Å². The summed E-state index contributed by atoms with van der Waals surface area (Å²) in [5.41, 5.74) is 0.682. The van der Waals surface area contributed by atoms with Crippen molar-refractivity contribution in [3.63, 3.8) is 0 Å². The Morgan fingerprint density at radius 1 is 0.903 bits per heavy atom. The zero-order valence-corrected chi connectivity index (χ0v) is 17.4. The molecule has 2 aromatic rings. The van der Waals surface area contributed by atoms with Gasteiger partial charge in [-0.15, -0.1) is 0 Å². The number of ketones is 1. The molecule has 7 heteroatoms. The molecule has 1 saturated carbocycles. The number of hydrogen-bond donors (Lipinski definition) is 2. The number of rotatable bonds is 6. The SMILES string of the molecule is C[C@H]1CCCC[C@@H]1NC(=O)NC(=O)COC(=O)c1ccccc1C(=O)c1ccccc1. The maximum absolute atomic E-state index is 12.7. The number of benzene rings is 2. The highest BCUT2D eigenvalue weighted by Gasteiger charge is 2.24. The van der Waals surface area contributed by atoms with Crippen LogP contribution in [0.2, 0.25) is 0 Å². The van der Waals surface area contributed by atoms with Crippen molar-refractivity contribution in [2.75, 3.05) is 6.61 Å². The molecule has 31 heavy (non-hydrogen) atoms. The number of amides is 3. The second-order valence-corrected chi connectivity index (χ2v) is 7.71. The highest BCUT2D eigenvalue weighted by atomic mass is 16.5. The van der Waals surface area contributed by atoms with Gasteiger partial charge in [-0.25, -0.2) is 9.59 Å². The summed E-state index contributed by atoms with van der Waals surface area (Å²) in [5.74, 6) is -1.51. The van der Waals surface area contributed by atoms with Crippen LogP contribution in [0.15, 0.2) is 54.6 Å². The van der Waals surface area contributed by atoms with Gasteiger partial charge < -0.3 is 10.1 Å². The summed E-state index contributed by atoms with van der Waals surface area (Å²) in [6.07, 6.45) is 4.10. The first-order valence-electron chi connectivity index (χ1n) is 10.4. The van der Waals surface area contributed by atoms with E-state index >= 15 is 0 Å². The summed E-state index contributed by atoms with van der Waals surface area (Å²) in [5, 5.41) is 4.99. The third-order valence-electron chi connectivity index (χ3n) is 5.44. The summed E-state index contributed by atoms with van der Waals surface area (Å²) in [7, 11) is 0. The minimum absolute atomic E-state index is 0.0278. The molecule has 0 bridgehead atoms. The molecule has 7 nitrogen and oxygen atoms in total. The highest BCUT2D eigenvalue weighted by molar-refractivity contribution is 6.14. The number of esters is 1. The fourth-order valence-electron chi connectivity index (χ4n) is 3.71. The largest absolute Gasteiger partial charge is 0.452 e. The molecule has 2 atom stereocenters. The van der Waals surface area contributed by atoms with Crippen LogP contribution in [0.5, 0.6) is 0 Å². The number of carbonyl (C=O) groups is 4. The molecule has 0 aromatic heterocycles. The van der Waals surface area contributed by atoms with Crippen molar-refractivity contribution < 1.29 is 23.9 Å². The van der Waals surface area contributed by atoms with E-state index in [1.807, 2.05) is 0 Å². The lowest BCUT2D eigenvalue weighted by atomic mass is 9.86. The summed E-state index contributed by atoms with van der Waals surface area (Å²) in [6.45, 7) is 1.45. The van der Waals surface area contributed by atoms with Crippen LogP contribution < -0.4 is 10.6 Å². The Balaban J connectivity index is 1.55. The van der Waals surface area contributed by atoms with Gasteiger partial charge in [-0.2, -0.15) is 0 Å². The number of urea groups is 1. The third-order valence-corrected chi connectivity index (χ3v) is 5.44. The van der Waals surface area contributed by atoms with Gasteiger partial charge in [0.15, 0.2) is 12.4 Å². The Labute approximate surface area is 181 Å². The van der Waals surface area contributed by atoms with Gasteiger partial charge in [0.2, 0.25) is 0 Å². The standard InChI is InChI=1S/C24H26N2O5/c1-16-9-5-8-14-20(16)25-24(30)26-21(27)15-31-23(29)19-13-7-6-12-18(19)22(28)17-10-3-2-4-11-17/h2-4,6-7,10-13,16,20H,5,8-9,14-15H2,1H3,(H2,25,26,27,30)/t16-,20-/m0/s1. The molecule has 2 N–H and O–H groups in total. The number of imide groups is 1. The van der Waals surface area contributed by atoms with E-state index in [0.29, 0.717) is 11.5 Å². The van der Waals surface area contributed by atoms with E-state index in [9.17, 15) is 19.2 Å². The minimum atomic E-state index is -0.809. The molecule has 162 valence electrons. The van der Waals surface area contributed by atoms with E-state index in [-0.39, 0.29) is 23.0 Å². The summed E-state index contributed by atoms with van der Waals surface area (Å²) >= 11 is 0. The third kappa shape index (κ3) is 6.01. The van der Waals surface area contributed by atoms with Crippen LogP contribution in [0, 0.1) is 5.92 Å². The molecule has 0 radical (unpaired) electrons. The number of ether oxygens (including phenoxy) is 1. The molecular formula is C24H26N2O5. The first kappa shape index (κ1) is 22.2. The van der Waals surface area contributed by atoms with Gasteiger partial charge in [0.1, 0.15) is 0 Å². The molecule has 0 heterocycles. The molecule has 3 rings (SSSR count). The van der Waals surface area contributed by atoms with Crippen LogP contribution in [0.1, 0.15) is 58.9 Å². The molecule has 3 amide bonds. The van der Waals surface area contributed by atoms with E-state index in [4.69, 9.17) is 4.74 Å². The summed E-state index contributed by atoms with van der Waals surface area (Å²) in [4.78, 5) is 49.3. The minimum Gasteiger partial charge on any atom is -0.452 e. The summed E-state index contributed by atoms with van der Waals surface area (Å²) in [6, 6.07) is 14.3. The molecule has 0 spiro atoms. The van der Waals surface area contributed by atoms with Gasteiger partial charge in [0.05, 0.1) is 5.56 Å². The zero-order chi connectivity index (χ0) is 22.2. The van der Waals surface area contributed by atoms with Crippen molar-refractivity contribution in [1.29, 1.82) is 0 Å². The molecule has 2 aromatic carbocycles. The van der Waals surface area contributed by atoms with E-state index in [1.165, 1.54) is 12.1 Å². The Bertz CT molecular complexity index is 957. The van der Waals surface area contributed by atoms with Crippen LogP contribution in [0.25, 0.3) is 0 Å². The van der Waals surface area contributed by atoms with Gasteiger partial charge in [-0.3, -0.25) is 14.9 Å². The van der Waals surface area contributed by atoms with Crippen LogP contribution in [-0.2, 0) is 9.53 Å². The Hall–Kier alpha value is -3.48. The Morgan fingerprint density at radius 3 is 2.26 bits per heavy atom. The van der Waals surface area contributed by atoms with E-state index < -0.39 is 24.5 Å². The average Bonchev–Trinajstić information content (AvgIpc) is 2.79. The van der Waals surface area contributed by atoms with E-state index in [0.717, 1.165) is 25.7 Å². The smallest absolute Gasteiger partial charge is 0.339 e. The second kappa shape index (κ2) is 10.5. The molecule has 0 aliphatic heterocycles. The quantitative estimate of drug-likeness (QED) is 0.548. The predicted molar refractivity (Wildman–Crippen MR) is 115 cm³/mol. The molecular weight excluding hydrogens is 396 g/mol. The van der Waals surface area contributed by atoms with E-state index in [1.54, 1.807) is 42.5 Å². The first-order chi connectivity index (χ1) is 15.0. The van der Waals surface area contributed by atoms with E-state index in [2.05, 4.69) is 17.6 Å². The fourth-order valence-corrected chi connectivity index (χ4v) is 3.71. The normalized spacial score (nSPS) is 18.0. The number of nitrogens with one attached hydrogen (secondary N) is 2. The van der Waals surface area contributed by atoms with Crippen LogP contribution >= 0.6 is 0 Å². The maximum Gasteiger partial charge on any atom is 0.339 e. The molecule has 1 fully saturated rings. The van der Waals surface area contributed by atoms with Gasteiger partial charge in [-0.1, -0.05) is 68.3 Å². The Morgan fingerprint density at radius 2 is 1.55 bits per heavy atom. The van der Waals surface area contributed by atoms with Crippen molar-refractivity contribution in [3.8, 4) is 0 Å². The van der Waals surface area contributed by atoms with Gasteiger partial charge >= 0.3 is 12.0 Å². The maximum atomic E-state index is 12.7. The molecule has 0 unspecified atom stereocenters. The number of hydrogen-bond acceptors (Lipinski definition) is 5. The predicted octanol–water partition coefficient (Wildman–Crippen LogP) is 3.48. The monoisotopic (exact) mass is 422 g/mol. The fraction of sp³-hybridized carbons (Fsp3) is 0.333. The lowest BCUT2D eigenvalue weighted by Gasteiger charge is -2.29. The molecule has 0 saturated heterocycles. The lowest BCUT2D eigenvalue weighted by molar-refractivity contribution is -0.123. The van der Waals surface area contributed by atoms with Crippen molar-refractivity contribution in [3.05, 3.63) is 71.3 Å². The first-order valence-corrected chi connectivity index (χ1v) is 10.4. The topological polar surface area (TPSA) is 102 Å². The van der Waals surface area contributed by atoms with Crippen molar-refractivity contribution in [1.82, 2.24) is 10.6 Å². The van der Waals surface area contributed by atoms with Crippen LogP contribution in [0.4, 0.5) is 4.79 Å². The lowest BCUT2D eigenvalue weighted by Crippen LogP contribution is -2.48. The number of carbonyl (C=O) groups excluding carboxylic acids is 4. The zero-order valence-electron chi connectivity index (χ0n) is 17.4. The van der Waals surface area contributed by atoms with Crippen molar-refractivity contribution >= 4 is 23.7 Å². The average molecular weight is 422 g/mol. The molecule has 1 aliphatic carbocycles. The molecule has 1 aliphatic rings. The van der Waals surface area contributed by atoms with Gasteiger partial charge in [0.25, 0.3) is 5.91 Å². The van der Waals surface area contributed by atoms with Crippen molar-refractivity contribution in [2.24, 2.45) is 5.92 Å². The van der Waals surface area contributed by atoms with Crippen molar-refractivity contribution in [2.45, 2.75) is 38.6 Å². The second-order valence-electron chi connectivity index (χ2n) is 7.71. The van der Waals surface area contributed by atoms with Gasteiger partial charge in [0, 0.05) is 17.2 Å². The van der Waals surface area contributed by atoms with Crippen LogP contribution in [-0.4, -0.2) is 36.3 Å². The highest BCUT2D eigenvalue weighted by Crippen LogP contribution is 2.23. The Kier molecular flexibility index (Phi) is 7.54.